The van der Waals surface area contributed by atoms with E-state index in [4.69, 9.17) is 9.84 Å². The van der Waals surface area contributed by atoms with E-state index in [1.165, 1.54) is 0 Å². The van der Waals surface area contributed by atoms with Crippen molar-refractivity contribution in [3.63, 3.8) is 0 Å². The van der Waals surface area contributed by atoms with Crippen LogP contribution < -0.4 is 5.32 Å². The molecule has 0 amide bonds. The van der Waals surface area contributed by atoms with E-state index >= 15 is 0 Å². The van der Waals surface area contributed by atoms with Crippen molar-refractivity contribution in [1.29, 1.82) is 0 Å². The number of hydrogen-bond acceptors (Lipinski definition) is 4. The summed E-state index contributed by atoms with van der Waals surface area (Å²) in [6.45, 7) is 5.78. The Morgan fingerprint density at radius 2 is 2.07 bits per heavy atom. The number of nitrogens with one attached hydrogen (secondary N) is 1. The molecule has 0 aromatic heterocycles. The quantitative estimate of drug-likeness (QED) is 0.648. The summed E-state index contributed by atoms with van der Waals surface area (Å²) in [5, 5.41) is 12.0. The summed E-state index contributed by atoms with van der Waals surface area (Å²) in [6, 6.07) is 0. The zero-order chi connectivity index (χ0) is 10.8. The van der Waals surface area contributed by atoms with Crippen LogP contribution in [-0.4, -0.2) is 35.4 Å². The first-order chi connectivity index (χ1) is 6.37. The summed E-state index contributed by atoms with van der Waals surface area (Å²) in [5.41, 5.74) is -0.633. The number of carbonyl (C=O) groups is 1. The fraction of sp³-hybridized carbons (Fsp3) is 0.900. The molecule has 1 fully saturated rings. The Bertz CT molecular complexity index is 216. The molecule has 1 aliphatic carbocycles. The van der Waals surface area contributed by atoms with Crippen molar-refractivity contribution in [2.75, 3.05) is 13.2 Å². The highest BCUT2D eigenvalue weighted by Crippen LogP contribution is 2.34. The fourth-order valence-electron chi connectivity index (χ4n) is 1.18. The monoisotopic (exact) mass is 201 g/mol. The van der Waals surface area contributed by atoms with Crippen LogP contribution in [0.2, 0.25) is 0 Å². The lowest BCUT2D eigenvalue weighted by molar-refractivity contribution is -0.153. The fourth-order valence-corrected chi connectivity index (χ4v) is 1.18. The van der Waals surface area contributed by atoms with Crippen LogP contribution in [0.25, 0.3) is 0 Å². The maximum Gasteiger partial charge on any atom is 0.320 e. The second kappa shape index (κ2) is 3.87. The van der Waals surface area contributed by atoms with Crippen LogP contribution in [-0.2, 0) is 9.53 Å². The van der Waals surface area contributed by atoms with E-state index in [9.17, 15) is 4.79 Å². The molecule has 0 aromatic carbocycles. The molecule has 0 bridgehead atoms. The first-order valence-corrected chi connectivity index (χ1v) is 4.95. The lowest BCUT2D eigenvalue weighted by Crippen LogP contribution is -2.40. The minimum atomic E-state index is -0.436. The number of aliphatic hydroxyl groups excluding tert-OH is 1. The van der Waals surface area contributed by atoms with Gasteiger partial charge in [-0.3, -0.25) is 10.1 Å². The highest BCUT2D eigenvalue weighted by Gasteiger charge is 2.42. The van der Waals surface area contributed by atoms with Crippen LogP contribution in [0.1, 0.15) is 33.6 Å². The molecular weight excluding hydrogens is 182 g/mol. The molecule has 1 aliphatic rings. The van der Waals surface area contributed by atoms with E-state index in [1.807, 2.05) is 20.8 Å². The molecule has 0 spiro atoms. The minimum absolute atomic E-state index is 0.0931. The average molecular weight is 201 g/mol. The predicted octanol–water partition coefficient (Wildman–Crippen LogP) is 0.443. The second-order valence-electron chi connectivity index (χ2n) is 4.88. The van der Waals surface area contributed by atoms with Crippen LogP contribution in [0.5, 0.6) is 0 Å². The summed E-state index contributed by atoms with van der Waals surface area (Å²) < 4.78 is 5.12. The summed E-state index contributed by atoms with van der Waals surface area (Å²) in [5.74, 6) is -0.266. The van der Waals surface area contributed by atoms with Gasteiger partial charge in [-0.1, -0.05) is 0 Å². The van der Waals surface area contributed by atoms with Crippen LogP contribution >= 0.6 is 0 Å². The standard InChI is InChI=1S/C10H19NO3/c1-9(2,3)14-8(13)6-11-10(7-12)4-5-10/h11-12H,4-7H2,1-3H3. The normalized spacial score (nSPS) is 19.1. The number of carbonyl (C=O) groups excluding carboxylic acids is 1. The van der Waals surface area contributed by atoms with Gasteiger partial charge in [-0.05, 0) is 33.6 Å². The van der Waals surface area contributed by atoms with E-state index < -0.39 is 5.60 Å². The molecule has 0 aromatic rings. The molecule has 0 saturated heterocycles. The van der Waals surface area contributed by atoms with Crippen molar-refractivity contribution in [1.82, 2.24) is 5.32 Å². The van der Waals surface area contributed by atoms with Gasteiger partial charge in [-0.15, -0.1) is 0 Å². The summed E-state index contributed by atoms with van der Waals surface area (Å²) >= 11 is 0. The van der Waals surface area contributed by atoms with Crippen molar-refractivity contribution in [3.05, 3.63) is 0 Å². The largest absolute Gasteiger partial charge is 0.459 e. The highest BCUT2D eigenvalue weighted by molar-refractivity contribution is 5.72. The number of rotatable bonds is 4. The van der Waals surface area contributed by atoms with Gasteiger partial charge in [0.25, 0.3) is 0 Å². The maximum atomic E-state index is 11.3. The van der Waals surface area contributed by atoms with Gasteiger partial charge in [-0.2, -0.15) is 0 Å². The Morgan fingerprint density at radius 3 is 2.43 bits per heavy atom. The molecule has 2 N–H and O–H groups in total. The number of aliphatic hydroxyl groups is 1. The molecule has 4 nitrogen and oxygen atoms in total. The Labute approximate surface area is 84.6 Å². The van der Waals surface area contributed by atoms with Crippen molar-refractivity contribution in [2.45, 2.75) is 44.8 Å². The van der Waals surface area contributed by atoms with Gasteiger partial charge >= 0.3 is 5.97 Å². The van der Waals surface area contributed by atoms with Crippen LogP contribution in [0.3, 0.4) is 0 Å². The van der Waals surface area contributed by atoms with Gasteiger partial charge in [0, 0.05) is 5.54 Å². The third kappa shape index (κ3) is 3.64. The van der Waals surface area contributed by atoms with Crippen LogP contribution in [0, 0.1) is 0 Å². The molecule has 0 aliphatic heterocycles. The van der Waals surface area contributed by atoms with Gasteiger partial charge in [0.1, 0.15) is 5.60 Å². The first kappa shape index (κ1) is 11.5. The zero-order valence-corrected chi connectivity index (χ0v) is 9.09. The second-order valence-corrected chi connectivity index (χ2v) is 4.88. The van der Waals surface area contributed by atoms with Gasteiger partial charge in [0.15, 0.2) is 0 Å². The lowest BCUT2D eigenvalue weighted by atomic mass is 10.2. The third-order valence-electron chi connectivity index (χ3n) is 2.18. The molecule has 1 saturated carbocycles. The topological polar surface area (TPSA) is 58.6 Å². The number of hydrogen-bond donors (Lipinski definition) is 2. The third-order valence-corrected chi connectivity index (χ3v) is 2.18. The Morgan fingerprint density at radius 1 is 1.50 bits per heavy atom. The minimum Gasteiger partial charge on any atom is -0.459 e. The zero-order valence-electron chi connectivity index (χ0n) is 9.09. The molecule has 4 heteroatoms. The molecule has 1 rings (SSSR count). The number of ether oxygens (including phenoxy) is 1. The van der Waals surface area contributed by atoms with E-state index in [2.05, 4.69) is 5.32 Å². The molecular formula is C10H19NO3. The van der Waals surface area contributed by atoms with E-state index in [1.54, 1.807) is 0 Å². The van der Waals surface area contributed by atoms with Gasteiger partial charge in [-0.25, -0.2) is 0 Å². The molecule has 82 valence electrons. The van der Waals surface area contributed by atoms with E-state index in [0.29, 0.717) is 0 Å². The van der Waals surface area contributed by atoms with Crippen molar-refractivity contribution >= 4 is 5.97 Å². The smallest absolute Gasteiger partial charge is 0.320 e. The summed E-state index contributed by atoms with van der Waals surface area (Å²) in [4.78, 5) is 11.3. The molecule has 14 heavy (non-hydrogen) atoms. The maximum absolute atomic E-state index is 11.3. The van der Waals surface area contributed by atoms with Crippen molar-refractivity contribution in [3.8, 4) is 0 Å². The van der Waals surface area contributed by atoms with Crippen molar-refractivity contribution < 1.29 is 14.6 Å². The summed E-state index contributed by atoms with van der Waals surface area (Å²) in [6.07, 6.45) is 1.87. The van der Waals surface area contributed by atoms with E-state index in [0.717, 1.165) is 12.8 Å². The molecule has 0 radical (unpaired) electrons. The predicted molar refractivity (Wildman–Crippen MR) is 52.9 cm³/mol. The Hall–Kier alpha value is -0.610. The Balaban J connectivity index is 2.22. The van der Waals surface area contributed by atoms with Gasteiger partial charge < -0.3 is 9.84 Å². The van der Waals surface area contributed by atoms with Crippen LogP contribution in [0.4, 0.5) is 0 Å². The highest BCUT2D eigenvalue weighted by atomic mass is 16.6. The van der Waals surface area contributed by atoms with E-state index in [-0.39, 0.29) is 24.7 Å². The van der Waals surface area contributed by atoms with Crippen LogP contribution in [0.15, 0.2) is 0 Å². The number of esters is 1. The molecule has 0 atom stereocenters. The van der Waals surface area contributed by atoms with Gasteiger partial charge in [0.2, 0.25) is 0 Å². The van der Waals surface area contributed by atoms with Gasteiger partial charge in [0.05, 0.1) is 13.2 Å². The average Bonchev–Trinajstić information content (AvgIpc) is 2.78. The van der Waals surface area contributed by atoms with Crippen molar-refractivity contribution in [2.24, 2.45) is 0 Å². The lowest BCUT2D eigenvalue weighted by Gasteiger charge is -2.21. The SMILES string of the molecule is CC(C)(C)OC(=O)CNC1(CO)CC1. The summed E-state index contributed by atoms with van der Waals surface area (Å²) in [7, 11) is 0. The molecule has 0 heterocycles. The first-order valence-electron chi connectivity index (χ1n) is 4.95. The molecule has 0 unspecified atom stereocenters. The Kier molecular flexibility index (Phi) is 3.17.